The molecule has 1 amide bonds. The average molecular weight is 281 g/mol. The molecule has 5 heteroatoms. The summed E-state index contributed by atoms with van der Waals surface area (Å²) in [5.74, 6) is -0.548. The Hall–Kier alpha value is -1.62. The lowest BCUT2D eigenvalue weighted by Gasteiger charge is -2.20. The molecule has 0 aromatic heterocycles. The van der Waals surface area contributed by atoms with Gasteiger partial charge >= 0.3 is 0 Å². The molecule has 112 valence electrons. The Bertz CT molecular complexity index is 431. The van der Waals surface area contributed by atoms with Crippen molar-refractivity contribution in [3.05, 3.63) is 24.0 Å². The molecule has 1 rings (SSSR count). The molecule has 0 fully saturated rings. The molecule has 0 aliphatic rings. The van der Waals surface area contributed by atoms with E-state index in [1.165, 1.54) is 18.2 Å². The van der Waals surface area contributed by atoms with Gasteiger partial charge in [-0.3, -0.25) is 4.79 Å². The minimum atomic E-state index is -0.472. The van der Waals surface area contributed by atoms with Gasteiger partial charge in [0.1, 0.15) is 5.82 Å². The number of halogens is 1. The van der Waals surface area contributed by atoms with Crippen LogP contribution in [0.4, 0.5) is 15.8 Å². The van der Waals surface area contributed by atoms with Crippen molar-refractivity contribution in [2.75, 3.05) is 30.7 Å². The predicted octanol–water partition coefficient (Wildman–Crippen LogP) is 2.86. The van der Waals surface area contributed by atoms with Crippen LogP contribution in [0.5, 0.6) is 0 Å². The highest BCUT2D eigenvalue weighted by molar-refractivity contribution is 5.91. The van der Waals surface area contributed by atoms with E-state index in [0.717, 1.165) is 32.5 Å². The van der Waals surface area contributed by atoms with Crippen LogP contribution < -0.4 is 11.1 Å². The maximum Gasteiger partial charge on any atom is 0.225 e. The van der Waals surface area contributed by atoms with Crippen LogP contribution in [0.25, 0.3) is 0 Å². The fourth-order valence-electron chi connectivity index (χ4n) is 2.07. The second-order valence-electron chi connectivity index (χ2n) is 4.88. The zero-order valence-corrected chi connectivity index (χ0v) is 12.3. The Morgan fingerprint density at radius 2 is 1.90 bits per heavy atom. The number of nitrogens with zero attached hydrogens (tertiary/aromatic N) is 1. The molecule has 0 spiro atoms. The highest BCUT2D eigenvalue weighted by atomic mass is 19.1. The number of nitrogens with two attached hydrogens (primary N) is 1. The van der Waals surface area contributed by atoms with Crippen LogP contribution in [-0.4, -0.2) is 30.4 Å². The first-order valence-corrected chi connectivity index (χ1v) is 7.14. The molecule has 0 atom stereocenters. The highest BCUT2D eigenvalue weighted by Gasteiger charge is 2.08. The van der Waals surface area contributed by atoms with Crippen LogP contribution in [0.15, 0.2) is 18.2 Å². The fourth-order valence-corrected chi connectivity index (χ4v) is 2.07. The molecule has 1 aromatic rings. The summed E-state index contributed by atoms with van der Waals surface area (Å²) >= 11 is 0. The van der Waals surface area contributed by atoms with Crippen LogP contribution in [0, 0.1) is 5.82 Å². The van der Waals surface area contributed by atoms with Crippen molar-refractivity contribution in [3.8, 4) is 0 Å². The number of amides is 1. The normalized spacial score (nSPS) is 10.8. The smallest absolute Gasteiger partial charge is 0.225 e. The van der Waals surface area contributed by atoms with Gasteiger partial charge in [-0.2, -0.15) is 0 Å². The molecular weight excluding hydrogens is 257 g/mol. The number of benzene rings is 1. The van der Waals surface area contributed by atoms with Crippen molar-refractivity contribution < 1.29 is 9.18 Å². The van der Waals surface area contributed by atoms with Crippen molar-refractivity contribution >= 4 is 17.3 Å². The number of nitrogens with one attached hydrogen (secondary N) is 1. The zero-order chi connectivity index (χ0) is 15.0. The molecule has 20 heavy (non-hydrogen) atoms. The zero-order valence-electron chi connectivity index (χ0n) is 12.3. The van der Waals surface area contributed by atoms with E-state index in [-0.39, 0.29) is 11.6 Å². The molecule has 0 aliphatic heterocycles. The second kappa shape index (κ2) is 8.53. The summed E-state index contributed by atoms with van der Waals surface area (Å²) in [6.45, 7) is 7.01. The van der Waals surface area contributed by atoms with Crippen molar-refractivity contribution in [1.82, 2.24) is 4.90 Å². The van der Waals surface area contributed by atoms with Crippen LogP contribution in [0.3, 0.4) is 0 Å². The van der Waals surface area contributed by atoms with Gasteiger partial charge in [0.25, 0.3) is 0 Å². The van der Waals surface area contributed by atoms with Gasteiger partial charge in [0.05, 0.1) is 5.69 Å². The van der Waals surface area contributed by atoms with E-state index in [1.54, 1.807) is 0 Å². The number of hydrogen-bond acceptors (Lipinski definition) is 3. The molecule has 0 saturated heterocycles. The highest BCUT2D eigenvalue weighted by Crippen LogP contribution is 2.16. The van der Waals surface area contributed by atoms with Crippen LogP contribution in [0.2, 0.25) is 0 Å². The van der Waals surface area contributed by atoms with Crippen molar-refractivity contribution in [3.63, 3.8) is 0 Å². The summed E-state index contributed by atoms with van der Waals surface area (Å²) in [6.07, 6.45) is 2.59. The quantitative estimate of drug-likeness (QED) is 0.720. The van der Waals surface area contributed by atoms with E-state index >= 15 is 0 Å². The number of rotatable bonds is 8. The van der Waals surface area contributed by atoms with Gasteiger partial charge in [0.15, 0.2) is 0 Å². The Morgan fingerprint density at radius 1 is 1.25 bits per heavy atom. The topological polar surface area (TPSA) is 58.4 Å². The average Bonchev–Trinajstić information content (AvgIpc) is 2.41. The molecular formula is C15H24FN3O. The molecule has 0 bridgehead atoms. The summed E-state index contributed by atoms with van der Waals surface area (Å²) in [5, 5.41) is 2.74. The lowest BCUT2D eigenvalue weighted by Crippen LogP contribution is -2.29. The Balaban J connectivity index is 2.44. The largest absolute Gasteiger partial charge is 0.396 e. The van der Waals surface area contributed by atoms with Crippen LogP contribution in [-0.2, 0) is 4.79 Å². The molecule has 4 nitrogen and oxygen atoms in total. The summed E-state index contributed by atoms with van der Waals surface area (Å²) in [5.41, 5.74) is 6.04. The molecule has 0 saturated carbocycles. The third-order valence-corrected chi connectivity index (χ3v) is 3.01. The molecule has 0 heterocycles. The fraction of sp³-hybridized carbons (Fsp3) is 0.533. The predicted molar refractivity (Wildman–Crippen MR) is 81.1 cm³/mol. The first-order valence-electron chi connectivity index (χ1n) is 7.14. The van der Waals surface area contributed by atoms with E-state index in [0.29, 0.717) is 12.1 Å². The van der Waals surface area contributed by atoms with Crippen LogP contribution >= 0.6 is 0 Å². The van der Waals surface area contributed by atoms with Gasteiger partial charge in [0, 0.05) is 18.7 Å². The van der Waals surface area contributed by atoms with Crippen LogP contribution in [0.1, 0.15) is 33.1 Å². The lowest BCUT2D eigenvalue weighted by molar-refractivity contribution is -0.116. The van der Waals surface area contributed by atoms with E-state index in [4.69, 9.17) is 5.73 Å². The molecule has 0 aliphatic carbocycles. The molecule has 3 N–H and O–H groups in total. The van der Waals surface area contributed by atoms with Gasteiger partial charge in [-0.15, -0.1) is 0 Å². The Labute approximate surface area is 120 Å². The second-order valence-corrected chi connectivity index (χ2v) is 4.88. The summed E-state index contributed by atoms with van der Waals surface area (Å²) < 4.78 is 13.0. The number of anilines is 2. The van der Waals surface area contributed by atoms with E-state index in [2.05, 4.69) is 24.1 Å². The number of carbonyl (C=O) groups excluding carboxylic acids is 1. The van der Waals surface area contributed by atoms with Gasteiger partial charge in [-0.1, -0.05) is 13.8 Å². The summed E-state index contributed by atoms with van der Waals surface area (Å²) in [7, 11) is 0. The molecule has 0 unspecified atom stereocenters. The summed E-state index contributed by atoms with van der Waals surface area (Å²) in [6, 6.07) is 4.20. The number of nitrogen functional groups attached to an aromatic ring is 1. The molecule has 1 aromatic carbocycles. The summed E-state index contributed by atoms with van der Waals surface area (Å²) in [4.78, 5) is 14.1. The monoisotopic (exact) mass is 281 g/mol. The van der Waals surface area contributed by atoms with Crippen molar-refractivity contribution in [2.45, 2.75) is 33.1 Å². The lowest BCUT2D eigenvalue weighted by atomic mass is 10.2. The van der Waals surface area contributed by atoms with Gasteiger partial charge in [0.2, 0.25) is 5.91 Å². The number of hydrogen-bond donors (Lipinski definition) is 2. The van der Waals surface area contributed by atoms with Crippen molar-refractivity contribution in [2.24, 2.45) is 0 Å². The van der Waals surface area contributed by atoms with Gasteiger partial charge < -0.3 is 16.0 Å². The first kappa shape index (κ1) is 16.4. The standard InChI is InChI=1S/C15H24FN3O/c1-3-8-19(9-4-2)10-7-15(20)18-12-5-6-13(16)14(17)11-12/h5-6,11H,3-4,7-10,17H2,1-2H3,(H,18,20). The van der Waals surface area contributed by atoms with Gasteiger partial charge in [-0.05, 0) is 44.1 Å². The first-order chi connectivity index (χ1) is 9.56. The maximum absolute atomic E-state index is 13.0. The van der Waals surface area contributed by atoms with Crippen molar-refractivity contribution in [1.29, 1.82) is 0 Å². The minimum Gasteiger partial charge on any atom is -0.396 e. The number of carbonyl (C=O) groups is 1. The van der Waals surface area contributed by atoms with E-state index in [1.807, 2.05) is 0 Å². The maximum atomic E-state index is 13.0. The van der Waals surface area contributed by atoms with E-state index < -0.39 is 5.82 Å². The SMILES string of the molecule is CCCN(CCC)CCC(=O)Nc1ccc(F)c(N)c1. The van der Waals surface area contributed by atoms with Gasteiger partial charge in [-0.25, -0.2) is 4.39 Å². The Kier molecular flexibility index (Phi) is 7.01. The third-order valence-electron chi connectivity index (χ3n) is 3.01. The third kappa shape index (κ3) is 5.57. The minimum absolute atomic E-state index is 0.0430. The van der Waals surface area contributed by atoms with E-state index in [9.17, 15) is 9.18 Å². The Morgan fingerprint density at radius 3 is 2.45 bits per heavy atom. The molecule has 0 radical (unpaired) electrons.